The third-order valence-corrected chi connectivity index (χ3v) is 4.81. The minimum atomic E-state index is 0.159. The molecular formula is C17H26ClNOS. The molecule has 0 saturated carbocycles. The van der Waals surface area contributed by atoms with E-state index < -0.39 is 0 Å². The van der Waals surface area contributed by atoms with Crippen molar-refractivity contribution >= 4 is 29.3 Å². The summed E-state index contributed by atoms with van der Waals surface area (Å²) in [4.78, 5) is 13.0. The molecule has 0 spiro atoms. The summed E-state index contributed by atoms with van der Waals surface area (Å²) in [6.45, 7) is 5.23. The van der Waals surface area contributed by atoms with Crippen molar-refractivity contribution in [2.75, 3.05) is 12.3 Å². The van der Waals surface area contributed by atoms with E-state index in [1.807, 2.05) is 24.3 Å². The van der Waals surface area contributed by atoms with Crippen LogP contribution in [0.5, 0.6) is 0 Å². The summed E-state index contributed by atoms with van der Waals surface area (Å²) < 4.78 is 0. The van der Waals surface area contributed by atoms with Gasteiger partial charge >= 0.3 is 0 Å². The molecule has 0 aromatic heterocycles. The van der Waals surface area contributed by atoms with Crippen molar-refractivity contribution in [2.24, 2.45) is 5.92 Å². The summed E-state index contributed by atoms with van der Waals surface area (Å²) in [5, 5.41) is 3.81. The Hall–Kier alpha value is -0.670. The summed E-state index contributed by atoms with van der Waals surface area (Å²) in [6.07, 6.45) is 5.40. The first-order chi connectivity index (χ1) is 10.2. The van der Waals surface area contributed by atoms with Gasteiger partial charge in [-0.15, -0.1) is 11.8 Å². The lowest BCUT2D eigenvalue weighted by Crippen LogP contribution is -2.29. The van der Waals surface area contributed by atoms with Crippen molar-refractivity contribution in [3.63, 3.8) is 0 Å². The molecule has 118 valence electrons. The first-order valence-corrected chi connectivity index (χ1v) is 9.17. The number of thioether (sulfide) groups is 1. The zero-order valence-corrected chi connectivity index (χ0v) is 14.6. The monoisotopic (exact) mass is 327 g/mol. The Labute approximate surface area is 138 Å². The summed E-state index contributed by atoms with van der Waals surface area (Å²) in [5.41, 5.74) is 0. The molecule has 21 heavy (non-hydrogen) atoms. The molecule has 0 heterocycles. The van der Waals surface area contributed by atoms with E-state index in [2.05, 4.69) is 19.2 Å². The molecule has 2 nitrogen and oxygen atoms in total. The highest BCUT2D eigenvalue weighted by Gasteiger charge is 2.08. The third kappa shape index (κ3) is 8.37. The molecular weight excluding hydrogens is 302 g/mol. The summed E-state index contributed by atoms with van der Waals surface area (Å²) in [7, 11) is 0. The van der Waals surface area contributed by atoms with Crippen LogP contribution in [0.4, 0.5) is 0 Å². The Morgan fingerprint density at radius 2 is 2.00 bits per heavy atom. The number of carbonyl (C=O) groups excluding carboxylic acids is 1. The van der Waals surface area contributed by atoms with Crippen molar-refractivity contribution in [3.8, 4) is 0 Å². The molecule has 0 bridgehead atoms. The van der Waals surface area contributed by atoms with E-state index in [0.717, 1.165) is 28.6 Å². The van der Waals surface area contributed by atoms with Crippen molar-refractivity contribution < 1.29 is 4.79 Å². The van der Waals surface area contributed by atoms with E-state index >= 15 is 0 Å². The van der Waals surface area contributed by atoms with Crippen molar-refractivity contribution in [2.45, 2.75) is 50.8 Å². The number of nitrogens with one attached hydrogen (secondary N) is 1. The maximum atomic E-state index is 11.8. The Morgan fingerprint density at radius 3 is 2.62 bits per heavy atom. The second kappa shape index (κ2) is 11.0. The SMILES string of the molecule is CCCC[C@@H](CC)CNC(=O)CCSc1ccc(Cl)cc1. The first-order valence-electron chi connectivity index (χ1n) is 7.80. The molecule has 0 unspecified atom stereocenters. The number of rotatable bonds is 10. The zero-order chi connectivity index (χ0) is 15.5. The zero-order valence-electron chi connectivity index (χ0n) is 13.0. The van der Waals surface area contributed by atoms with Crippen LogP contribution in [0.3, 0.4) is 0 Å². The summed E-state index contributed by atoms with van der Waals surface area (Å²) in [5.74, 6) is 1.59. The summed E-state index contributed by atoms with van der Waals surface area (Å²) in [6, 6.07) is 7.73. The van der Waals surface area contributed by atoms with E-state index in [1.54, 1.807) is 11.8 Å². The fourth-order valence-corrected chi connectivity index (χ4v) is 3.06. The molecule has 1 aromatic carbocycles. The Morgan fingerprint density at radius 1 is 1.29 bits per heavy atom. The van der Waals surface area contributed by atoms with Gasteiger partial charge in [-0.2, -0.15) is 0 Å². The number of halogens is 1. The average Bonchev–Trinajstić information content (AvgIpc) is 2.49. The maximum Gasteiger partial charge on any atom is 0.220 e. The van der Waals surface area contributed by atoms with Gasteiger partial charge in [-0.05, 0) is 36.6 Å². The van der Waals surface area contributed by atoms with E-state index in [1.165, 1.54) is 19.3 Å². The molecule has 0 radical (unpaired) electrons. The van der Waals surface area contributed by atoms with Crippen LogP contribution in [0.1, 0.15) is 46.0 Å². The number of carbonyl (C=O) groups is 1. The Balaban J connectivity index is 2.17. The van der Waals surface area contributed by atoms with Gasteiger partial charge in [0.2, 0.25) is 5.91 Å². The Bertz CT molecular complexity index is 408. The fraction of sp³-hybridized carbons (Fsp3) is 0.588. The fourth-order valence-electron chi connectivity index (χ4n) is 2.08. The van der Waals surface area contributed by atoms with Crippen LogP contribution in [0, 0.1) is 5.92 Å². The van der Waals surface area contributed by atoms with E-state index in [-0.39, 0.29) is 5.91 Å². The molecule has 4 heteroatoms. The highest BCUT2D eigenvalue weighted by atomic mass is 35.5. The van der Waals surface area contributed by atoms with E-state index in [9.17, 15) is 4.79 Å². The number of hydrogen-bond donors (Lipinski definition) is 1. The van der Waals surface area contributed by atoms with Gasteiger partial charge in [0, 0.05) is 28.6 Å². The van der Waals surface area contributed by atoms with Gasteiger partial charge in [0.05, 0.1) is 0 Å². The molecule has 0 aliphatic carbocycles. The highest BCUT2D eigenvalue weighted by molar-refractivity contribution is 7.99. The van der Waals surface area contributed by atoms with E-state index in [4.69, 9.17) is 11.6 Å². The molecule has 1 N–H and O–H groups in total. The van der Waals surface area contributed by atoms with Crippen LogP contribution in [0.2, 0.25) is 5.02 Å². The summed E-state index contributed by atoms with van der Waals surface area (Å²) >= 11 is 7.54. The maximum absolute atomic E-state index is 11.8. The van der Waals surface area contributed by atoms with Gasteiger partial charge in [0.1, 0.15) is 0 Å². The molecule has 0 fully saturated rings. The van der Waals surface area contributed by atoms with Crippen molar-refractivity contribution in [3.05, 3.63) is 29.3 Å². The van der Waals surface area contributed by atoms with Gasteiger partial charge in [-0.3, -0.25) is 4.79 Å². The molecule has 1 rings (SSSR count). The average molecular weight is 328 g/mol. The lowest BCUT2D eigenvalue weighted by atomic mass is 9.99. The number of hydrogen-bond acceptors (Lipinski definition) is 2. The predicted molar refractivity (Wildman–Crippen MR) is 93.1 cm³/mol. The second-order valence-corrected chi connectivity index (χ2v) is 6.88. The van der Waals surface area contributed by atoms with E-state index in [0.29, 0.717) is 12.3 Å². The topological polar surface area (TPSA) is 29.1 Å². The van der Waals surface area contributed by atoms with Crippen LogP contribution in [0.15, 0.2) is 29.2 Å². The number of unbranched alkanes of at least 4 members (excludes halogenated alkanes) is 1. The molecule has 1 aromatic rings. The molecule has 0 aliphatic rings. The highest BCUT2D eigenvalue weighted by Crippen LogP contribution is 2.20. The largest absolute Gasteiger partial charge is 0.356 e. The standard InChI is InChI=1S/C17H26ClNOS/c1-3-5-6-14(4-2)13-19-17(20)11-12-21-16-9-7-15(18)8-10-16/h7-10,14H,3-6,11-13H2,1-2H3,(H,19,20)/t14-/m1/s1. The smallest absolute Gasteiger partial charge is 0.220 e. The van der Waals surface area contributed by atoms with Crippen LogP contribution >= 0.6 is 23.4 Å². The first kappa shape index (κ1) is 18.4. The van der Waals surface area contributed by atoms with Gasteiger partial charge in [0.15, 0.2) is 0 Å². The quantitative estimate of drug-likeness (QED) is 0.602. The van der Waals surface area contributed by atoms with Gasteiger partial charge in [0.25, 0.3) is 0 Å². The normalized spacial score (nSPS) is 12.1. The van der Waals surface area contributed by atoms with Crippen molar-refractivity contribution in [1.82, 2.24) is 5.32 Å². The van der Waals surface area contributed by atoms with Crippen LogP contribution in [0.25, 0.3) is 0 Å². The minimum Gasteiger partial charge on any atom is -0.356 e. The van der Waals surface area contributed by atoms with Crippen LogP contribution < -0.4 is 5.32 Å². The molecule has 0 saturated heterocycles. The lowest BCUT2D eigenvalue weighted by Gasteiger charge is -2.15. The van der Waals surface area contributed by atoms with Gasteiger partial charge < -0.3 is 5.32 Å². The lowest BCUT2D eigenvalue weighted by molar-refractivity contribution is -0.120. The molecule has 0 aliphatic heterocycles. The van der Waals surface area contributed by atoms with Gasteiger partial charge in [-0.25, -0.2) is 0 Å². The predicted octanol–water partition coefficient (Wildman–Crippen LogP) is 5.15. The molecule has 1 amide bonds. The number of amides is 1. The van der Waals surface area contributed by atoms with Gasteiger partial charge in [-0.1, -0.05) is 44.7 Å². The van der Waals surface area contributed by atoms with Crippen LogP contribution in [-0.2, 0) is 4.79 Å². The molecule has 1 atom stereocenters. The number of benzene rings is 1. The minimum absolute atomic E-state index is 0.159. The van der Waals surface area contributed by atoms with Crippen LogP contribution in [-0.4, -0.2) is 18.2 Å². The third-order valence-electron chi connectivity index (χ3n) is 3.54. The Kier molecular flexibility index (Phi) is 9.60. The van der Waals surface area contributed by atoms with Crippen molar-refractivity contribution in [1.29, 1.82) is 0 Å². The second-order valence-electron chi connectivity index (χ2n) is 5.27.